The molecule has 0 saturated heterocycles. The van der Waals surface area contributed by atoms with E-state index in [1.165, 1.54) is 0 Å². The van der Waals surface area contributed by atoms with E-state index in [-0.39, 0.29) is 6.10 Å². The van der Waals surface area contributed by atoms with E-state index in [9.17, 15) is 13.2 Å². The van der Waals surface area contributed by atoms with Gasteiger partial charge in [-0.05, 0) is 71.1 Å². The minimum atomic E-state index is -4.27. The molecule has 130 valence electrons. The molecule has 1 aliphatic carbocycles. The van der Waals surface area contributed by atoms with Crippen LogP contribution in [0.25, 0.3) is 0 Å². The van der Waals surface area contributed by atoms with Gasteiger partial charge >= 0.3 is 6.18 Å². The van der Waals surface area contributed by atoms with Crippen molar-refractivity contribution in [3.05, 3.63) is 47.5 Å². The van der Waals surface area contributed by atoms with Crippen molar-refractivity contribution in [3.63, 3.8) is 0 Å². The van der Waals surface area contributed by atoms with E-state index in [0.29, 0.717) is 18.3 Å². The molecular weight excluding hydrogens is 383 g/mol. The first kappa shape index (κ1) is 17.5. The van der Waals surface area contributed by atoms with Crippen LogP contribution in [0.4, 0.5) is 13.2 Å². The standard InChI is InChI=1S/C18H19BrF3NO/c19-17-11-16(24-23-17)14-7-4-13(10-14)3-1-2-12-5-8-15(9-6-12)18(20,21)22/h1,3,5-6,8-9,13-14,16H,2,4,7,10-11H2/b3-1+/t13?,14-,16+/m0/s1. The maximum absolute atomic E-state index is 12.5. The molecule has 0 bridgehead atoms. The fraction of sp³-hybridized carbons (Fsp3) is 0.500. The predicted octanol–water partition coefficient (Wildman–Crippen LogP) is 5.72. The lowest BCUT2D eigenvalue weighted by atomic mass is 9.97. The summed E-state index contributed by atoms with van der Waals surface area (Å²) in [5, 5.41) is 3.95. The van der Waals surface area contributed by atoms with Crippen LogP contribution in [0.3, 0.4) is 0 Å². The summed E-state index contributed by atoms with van der Waals surface area (Å²) in [6, 6.07) is 5.38. The van der Waals surface area contributed by atoms with Crippen molar-refractivity contribution in [2.75, 3.05) is 0 Å². The molecule has 24 heavy (non-hydrogen) atoms. The van der Waals surface area contributed by atoms with Crippen LogP contribution < -0.4 is 0 Å². The molecule has 2 aliphatic rings. The molecule has 1 fully saturated rings. The third-order valence-corrected chi connectivity index (χ3v) is 5.21. The molecule has 1 heterocycles. The third kappa shape index (κ3) is 4.41. The van der Waals surface area contributed by atoms with Gasteiger partial charge in [-0.25, -0.2) is 0 Å². The zero-order valence-corrected chi connectivity index (χ0v) is 14.7. The fourth-order valence-electron chi connectivity index (χ4n) is 3.41. The average molecular weight is 402 g/mol. The summed E-state index contributed by atoms with van der Waals surface area (Å²) in [4.78, 5) is 5.43. The first-order chi connectivity index (χ1) is 11.4. The van der Waals surface area contributed by atoms with Crippen molar-refractivity contribution >= 4 is 20.6 Å². The largest absolute Gasteiger partial charge is 0.416 e. The van der Waals surface area contributed by atoms with Crippen LogP contribution in [0.2, 0.25) is 0 Å². The Hall–Kier alpha value is -1.30. The molecule has 1 aliphatic heterocycles. The van der Waals surface area contributed by atoms with E-state index in [4.69, 9.17) is 4.84 Å². The van der Waals surface area contributed by atoms with Crippen LogP contribution in [-0.4, -0.2) is 10.7 Å². The highest BCUT2D eigenvalue weighted by atomic mass is 79.9. The second kappa shape index (κ2) is 7.30. The van der Waals surface area contributed by atoms with Gasteiger partial charge in [-0.2, -0.15) is 13.2 Å². The Labute approximate surface area is 147 Å². The van der Waals surface area contributed by atoms with Gasteiger partial charge in [0, 0.05) is 6.42 Å². The number of hydrogen-bond donors (Lipinski definition) is 0. The second-order valence-corrected chi connectivity index (χ2v) is 7.39. The average Bonchev–Trinajstić information content (AvgIpc) is 3.16. The van der Waals surface area contributed by atoms with Crippen molar-refractivity contribution in [1.82, 2.24) is 0 Å². The SMILES string of the molecule is FC(F)(F)c1ccc(C/C=C/C2CC[C@H]([C@H]3CC(Br)=NO3)C2)cc1. The van der Waals surface area contributed by atoms with Crippen LogP contribution in [0.1, 0.15) is 36.8 Å². The van der Waals surface area contributed by atoms with Gasteiger partial charge in [0.25, 0.3) is 0 Å². The summed E-state index contributed by atoms with van der Waals surface area (Å²) in [6.07, 6.45) is 5.05. The molecule has 6 heteroatoms. The van der Waals surface area contributed by atoms with E-state index >= 15 is 0 Å². The molecule has 0 amide bonds. The smallest absolute Gasteiger partial charge is 0.391 e. The van der Waals surface area contributed by atoms with Gasteiger partial charge in [-0.15, -0.1) is 0 Å². The van der Waals surface area contributed by atoms with Gasteiger partial charge < -0.3 is 4.84 Å². The molecule has 1 saturated carbocycles. The Balaban J connectivity index is 1.47. The maximum atomic E-state index is 12.5. The van der Waals surface area contributed by atoms with Crippen molar-refractivity contribution < 1.29 is 18.0 Å². The van der Waals surface area contributed by atoms with Gasteiger partial charge in [-0.3, -0.25) is 0 Å². The highest BCUT2D eigenvalue weighted by molar-refractivity contribution is 9.18. The monoisotopic (exact) mass is 401 g/mol. The maximum Gasteiger partial charge on any atom is 0.416 e. The van der Waals surface area contributed by atoms with Crippen LogP contribution in [0, 0.1) is 11.8 Å². The predicted molar refractivity (Wildman–Crippen MR) is 91.0 cm³/mol. The van der Waals surface area contributed by atoms with Gasteiger partial charge in [0.05, 0.1) is 5.56 Å². The Morgan fingerprint density at radius 1 is 1.21 bits per heavy atom. The molecule has 1 unspecified atom stereocenters. The zero-order chi connectivity index (χ0) is 17.2. The molecule has 1 aromatic rings. The Kier molecular flexibility index (Phi) is 5.33. The normalized spacial score (nSPS) is 27.5. The second-order valence-electron chi connectivity index (χ2n) is 6.48. The van der Waals surface area contributed by atoms with Gasteiger partial charge in [0.15, 0.2) is 0 Å². The lowest BCUT2D eigenvalue weighted by Gasteiger charge is -2.15. The lowest BCUT2D eigenvalue weighted by molar-refractivity contribution is -0.137. The van der Waals surface area contributed by atoms with Gasteiger partial charge in [0.2, 0.25) is 0 Å². The highest BCUT2D eigenvalue weighted by Gasteiger charge is 2.34. The summed E-state index contributed by atoms with van der Waals surface area (Å²) < 4.78 is 38.5. The number of oxime groups is 1. The molecule has 0 spiro atoms. The first-order valence-corrected chi connectivity index (χ1v) is 8.92. The minimum Gasteiger partial charge on any atom is -0.391 e. The summed E-state index contributed by atoms with van der Waals surface area (Å²) in [5.74, 6) is 1.05. The first-order valence-electron chi connectivity index (χ1n) is 8.13. The van der Waals surface area contributed by atoms with Gasteiger partial charge in [-0.1, -0.05) is 29.4 Å². The number of halogens is 4. The lowest BCUT2D eigenvalue weighted by Crippen LogP contribution is -2.17. The Morgan fingerprint density at radius 3 is 2.58 bits per heavy atom. The van der Waals surface area contributed by atoms with Crippen LogP contribution in [0.5, 0.6) is 0 Å². The summed E-state index contributed by atoms with van der Waals surface area (Å²) in [6.45, 7) is 0. The van der Waals surface area contributed by atoms with Crippen molar-refractivity contribution in [1.29, 1.82) is 0 Å². The van der Waals surface area contributed by atoms with Crippen molar-refractivity contribution in [2.24, 2.45) is 17.0 Å². The molecule has 0 radical (unpaired) electrons. The number of benzene rings is 1. The highest BCUT2D eigenvalue weighted by Crippen LogP contribution is 2.38. The van der Waals surface area contributed by atoms with E-state index in [0.717, 1.165) is 48.0 Å². The molecule has 0 N–H and O–H groups in total. The zero-order valence-electron chi connectivity index (χ0n) is 13.1. The van der Waals surface area contributed by atoms with Gasteiger partial charge in [0.1, 0.15) is 10.7 Å². The third-order valence-electron chi connectivity index (χ3n) is 4.74. The molecule has 3 atom stereocenters. The molecular formula is C18H19BrF3NO. The van der Waals surface area contributed by atoms with E-state index in [2.05, 4.69) is 33.2 Å². The molecule has 3 rings (SSSR count). The van der Waals surface area contributed by atoms with Crippen molar-refractivity contribution in [3.8, 4) is 0 Å². The number of alkyl halides is 3. The summed E-state index contributed by atoms with van der Waals surface area (Å²) in [7, 11) is 0. The Morgan fingerprint density at radius 2 is 1.96 bits per heavy atom. The summed E-state index contributed by atoms with van der Waals surface area (Å²) >= 11 is 3.37. The fourth-order valence-corrected chi connectivity index (χ4v) is 3.81. The number of allylic oxidation sites excluding steroid dienone is 2. The van der Waals surface area contributed by atoms with E-state index in [1.54, 1.807) is 12.1 Å². The van der Waals surface area contributed by atoms with Crippen LogP contribution in [-0.2, 0) is 17.4 Å². The number of hydrogen-bond acceptors (Lipinski definition) is 2. The Bertz CT molecular complexity index is 624. The van der Waals surface area contributed by atoms with Crippen molar-refractivity contribution in [2.45, 2.75) is 44.4 Å². The molecule has 1 aromatic carbocycles. The molecule has 0 aromatic heterocycles. The van der Waals surface area contributed by atoms with Crippen LogP contribution >= 0.6 is 15.9 Å². The number of rotatable bonds is 4. The van der Waals surface area contributed by atoms with E-state index < -0.39 is 11.7 Å². The van der Waals surface area contributed by atoms with Crippen LogP contribution in [0.15, 0.2) is 41.6 Å². The molecule has 2 nitrogen and oxygen atoms in total. The quantitative estimate of drug-likeness (QED) is 0.591. The topological polar surface area (TPSA) is 21.6 Å². The minimum absolute atomic E-state index is 0.188. The van der Waals surface area contributed by atoms with E-state index in [1.807, 2.05) is 0 Å². The number of nitrogens with zero attached hydrogens (tertiary/aromatic N) is 1. The summed E-state index contributed by atoms with van der Waals surface area (Å²) in [5.41, 5.74) is 0.295.